The molecule has 1 aromatic carbocycles. The minimum Gasteiger partial charge on any atom is -0.292 e. The molecule has 0 aliphatic carbocycles. The summed E-state index contributed by atoms with van der Waals surface area (Å²) in [5.41, 5.74) is 1.05. The average molecular weight is 314 g/mol. The molecule has 0 spiro atoms. The molecule has 2 rings (SSSR count). The van der Waals surface area contributed by atoms with Crippen LogP contribution < -0.4 is 4.48 Å². The summed E-state index contributed by atoms with van der Waals surface area (Å²) in [7, 11) is 3.95. The number of nitrogens with zero attached hydrogens (tertiary/aromatic N) is 1. The number of quaternary nitrogens is 1. The first kappa shape index (κ1) is 15.7. The van der Waals surface area contributed by atoms with Crippen molar-refractivity contribution in [2.45, 2.75) is 12.7 Å². The Balaban J connectivity index is 2.18. The van der Waals surface area contributed by atoms with Crippen LogP contribution in [0.3, 0.4) is 0 Å². The molecular weight excluding hydrogens is 299 g/mol. The second-order valence-electron chi connectivity index (χ2n) is 5.27. The van der Waals surface area contributed by atoms with Gasteiger partial charge >= 0.3 is 6.18 Å². The number of halogens is 3. The van der Waals surface area contributed by atoms with E-state index in [0.717, 1.165) is 21.9 Å². The van der Waals surface area contributed by atoms with Gasteiger partial charge in [-0.25, -0.2) is 0 Å². The molecule has 0 saturated heterocycles. The third kappa shape index (κ3) is 3.71. The highest BCUT2D eigenvalue weighted by Gasteiger charge is 2.40. The minimum atomic E-state index is -4.81. The molecule has 0 saturated carbocycles. The van der Waals surface area contributed by atoms with E-state index in [1.165, 1.54) is 6.07 Å². The molecule has 0 unspecified atom stereocenters. The molecule has 2 nitrogen and oxygen atoms in total. The average Bonchev–Trinajstić information content (AvgIpc) is 2.85. The van der Waals surface area contributed by atoms with E-state index in [2.05, 4.69) is 0 Å². The van der Waals surface area contributed by atoms with E-state index in [4.69, 9.17) is 0 Å². The van der Waals surface area contributed by atoms with Crippen LogP contribution in [0.25, 0.3) is 0 Å². The summed E-state index contributed by atoms with van der Waals surface area (Å²) in [5.74, 6) is -1.77. The molecule has 21 heavy (non-hydrogen) atoms. The normalized spacial score (nSPS) is 12.4. The number of ketones is 1. The van der Waals surface area contributed by atoms with Gasteiger partial charge in [0.25, 0.3) is 5.78 Å². The first-order valence-corrected chi connectivity index (χ1v) is 7.10. The third-order valence-electron chi connectivity index (χ3n) is 3.15. The fourth-order valence-electron chi connectivity index (χ4n) is 2.04. The maximum Gasteiger partial charge on any atom is 0.455 e. The quantitative estimate of drug-likeness (QED) is 0.609. The highest BCUT2D eigenvalue weighted by Crippen LogP contribution is 2.29. The van der Waals surface area contributed by atoms with Gasteiger partial charge in [0.05, 0.1) is 23.8 Å². The van der Waals surface area contributed by atoms with Gasteiger partial charge in [-0.2, -0.15) is 13.2 Å². The molecular formula is C15H15F3NOS+. The molecule has 0 aliphatic heterocycles. The molecule has 112 valence electrons. The van der Waals surface area contributed by atoms with Crippen molar-refractivity contribution < 1.29 is 18.0 Å². The van der Waals surface area contributed by atoms with Crippen LogP contribution in [0.5, 0.6) is 0 Å². The summed E-state index contributed by atoms with van der Waals surface area (Å²) in [6.45, 7) is 0.528. The van der Waals surface area contributed by atoms with Gasteiger partial charge in [-0.3, -0.25) is 9.28 Å². The van der Waals surface area contributed by atoms with Crippen LogP contribution in [0.2, 0.25) is 0 Å². The third-order valence-corrected chi connectivity index (χ3v) is 4.22. The van der Waals surface area contributed by atoms with Gasteiger partial charge in [-0.1, -0.05) is 18.2 Å². The summed E-state index contributed by atoms with van der Waals surface area (Å²) >= 11 is 0.904. The van der Waals surface area contributed by atoms with Crippen LogP contribution in [-0.4, -0.2) is 26.1 Å². The Hall–Kier alpha value is -1.66. The first-order chi connectivity index (χ1) is 9.70. The molecule has 1 heterocycles. The Kier molecular flexibility index (Phi) is 4.20. The number of Topliss-reactive ketones (excluding diaryl/α,β-unsaturated/α-hetero) is 1. The van der Waals surface area contributed by atoms with Gasteiger partial charge in [0, 0.05) is 0 Å². The van der Waals surface area contributed by atoms with E-state index >= 15 is 0 Å². The highest BCUT2D eigenvalue weighted by atomic mass is 32.1. The Morgan fingerprint density at radius 3 is 2.29 bits per heavy atom. The van der Waals surface area contributed by atoms with E-state index in [1.807, 2.05) is 44.4 Å². The number of para-hydroxylation sites is 1. The highest BCUT2D eigenvalue weighted by molar-refractivity contribution is 7.14. The number of carbonyl (C=O) groups is 1. The van der Waals surface area contributed by atoms with E-state index in [9.17, 15) is 18.0 Å². The van der Waals surface area contributed by atoms with Crippen molar-refractivity contribution in [1.29, 1.82) is 0 Å². The maximum atomic E-state index is 12.4. The van der Waals surface area contributed by atoms with Crippen molar-refractivity contribution in [3.05, 3.63) is 52.2 Å². The van der Waals surface area contributed by atoms with Crippen LogP contribution in [0.1, 0.15) is 14.5 Å². The fourth-order valence-corrected chi connectivity index (χ4v) is 3.19. The van der Waals surface area contributed by atoms with Crippen LogP contribution in [0.4, 0.5) is 18.9 Å². The summed E-state index contributed by atoms with van der Waals surface area (Å²) in [6.07, 6.45) is -4.81. The topological polar surface area (TPSA) is 17.1 Å². The number of carbonyl (C=O) groups excluding carboxylic acids is 1. The van der Waals surface area contributed by atoms with Crippen molar-refractivity contribution in [2.24, 2.45) is 0 Å². The molecule has 0 aliphatic rings. The zero-order valence-corrected chi connectivity index (χ0v) is 12.5. The van der Waals surface area contributed by atoms with Gasteiger partial charge < -0.3 is 0 Å². The van der Waals surface area contributed by atoms with Gasteiger partial charge in [0.1, 0.15) is 12.2 Å². The van der Waals surface area contributed by atoms with E-state index < -0.39 is 12.0 Å². The lowest BCUT2D eigenvalue weighted by atomic mass is 10.2. The number of rotatable bonds is 4. The molecule has 0 N–H and O–H groups in total. The predicted molar refractivity (Wildman–Crippen MR) is 78.5 cm³/mol. The lowest BCUT2D eigenvalue weighted by molar-refractivity contribution is -0.0882. The Morgan fingerprint density at radius 2 is 1.71 bits per heavy atom. The number of hydrogen-bond donors (Lipinski definition) is 0. The smallest absolute Gasteiger partial charge is 0.292 e. The van der Waals surface area contributed by atoms with Gasteiger partial charge in [-0.15, -0.1) is 11.3 Å². The molecule has 0 radical (unpaired) electrons. The Bertz CT molecular complexity index is 632. The van der Waals surface area contributed by atoms with E-state index in [-0.39, 0.29) is 4.88 Å². The SMILES string of the molecule is C[N+](C)(Cc1ccc(C(=O)C(F)(F)F)s1)c1ccccc1. The lowest BCUT2D eigenvalue weighted by Crippen LogP contribution is -2.39. The van der Waals surface area contributed by atoms with Crippen molar-refractivity contribution in [2.75, 3.05) is 14.1 Å². The van der Waals surface area contributed by atoms with Crippen LogP contribution in [-0.2, 0) is 6.54 Å². The molecule has 0 bridgehead atoms. The summed E-state index contributed by atoms with van der Waals surface area (Å²) in [4.78, 5) is 11.7. The number of alkyl halides is 3. The van der Waals surface area contributed by atoms with Crippen LogP contribution >= 0.6 is 11.3 Å². The number of thiophene rings is 1. The summed E-state index contributed by atoms with van der Waals surface area (Å²) in [5, 5.41) is 0. The summed E-state index contributed by atoms with van der Waals surface area (Å²) < 4.78 is 37.7. The van der Waals surface area contributed by atoms with Gasteiger partial charge in [0.2, 0.25) is 0 Å². The Morgan fingerprint density at radius 1 is 1.10 bits per heavy atom. The molecule has 1 aromatic heterocycles. The van der Waals surface area contributed by atoms with Crippen molar-refractivity contribution in [1.82, 2.24) is 4.48 Å². The number of benzene rings is 1. The van der Waals surface area contributed by atoms with E-state index in [1.54, 1.807) is 6.07 Å². The first-order valence-electron chi connectivity index (χ1n) is 6.29. The van der Waals surface area contributed by atoms with E-state index in [0.29, 0.717) is 11.0 Å². The van der Waals surface area contributed by atoms with Crippen molar-refractivity contribution >= 4 is 22.8 Å². The second-order valence-corrected chi connectivity index (χ2v) is 6.44. The van der Waals surface area contributed by atoms with Crippen LogP contribution in [0, 0.1) is 0 Å². The minimum absolute atomic E-state index is 0.259. The molecule has 6 heteroatoms. The molecule has 0 amide bonds. The standard InChI is InChI=1S/C15H15F3NOS/c1-19(2,11-6-4-3-5-7-11)10-12-8-9-13(21-12)14(20)15(16,17)18/h3-9H,10H2,1-2H3/q+1. The predicted octanol–water partition coefficient (Wildman–Crippen LogP) is 4.26. The summed E-state index contributed by atoms with van der Waals surface area (Å²) in [6, 6.07) is 12.5. The van der Waals surface area contributed by atoms with Gasteiger partial charge in [-0.05, 0) is 24.3 Å². The second kappa shape index (κ2) is 5.61. The number of hydrogen-bond acceptors (Lipinski definition) is 2. The Labute approximate surface area is 125 Å². The zero-order valence-electron chi connectivity index (χ0n) is 11.6. The maximum absolute atomic E-state index is 12.4. The fraction of sp³-hybridized carbons (Fsp3) is 0.267. The monoisotopic (exact) mass is 314 g/mol. The molecule has 0 fully saturated rings. The molecule has 2 aromatic rings. The lowest BCUT2D eigenvalue weighted by Gasteiger charge is -2.28. The van der Waals surface area contributed by atoms with Crippen molar-refractivity contribution in [3.8, 4) is 0 Å². The zero-order chi connectivity index (χ0) is 15.7. The largest absolute Gasteiger partial charge is 0.455 e. The van der Waals surface area contributed by atoms with Crippen LogP contribution in [0.15, 0.2) is 42.5 Å². The van der Waals surface area contributed by atoms with Gasteiger partial charge in [0.15, 0.2) is 0 Å². The van der Waals surface area contributed by atoms with Crippen molar-refractivity contribution in [3.63, 3.8) is 0 Å². The molecule has 0 atom stereocenters.